The van der Waals surface area contributed by atoms with Crippen LogP contribution in [0.4, 0.5) is 0 Å². The van der Waals surface area contributed by atoms with Crippen molar-refractivity contribution < 1.29 is 4.74 Å². The van der Waals surface area contributed by atoms with Crippen LogP contribution >= 0.6 is 0 Å². The highest BCUT2D eigenvalue weighted by molar-refractivity contribution is 5.24. The van der Waals surface area contributed by atoms with Gasteiger partial charge in [0.15, 0.2) is 0 Å². The molecule has 0 unspecified atom stereocenters. The summed E-state index contributed by atoms with van der Waals surface area (Å²) in [5, 5.41) is 4.74. The molecule has 0 saturated carbocycles. The average Bonchev–Trinajstić information content (AvgIpc) is 3.01. The Morgan fingerprint density at radius 2 is 1.86 bits per heavy atom. The van der Waals surface area contributed by atoms with Gasteiger partial charge in [-0.05, 0) is 70.3 Å². The lowest BCUT2D eigenvalue weighted by atomic mass is 9.95. The summed E-state index contributed by atoms with van der Waals surface area (Å²) < 4.78 is 7.37. The van der Waals surface area contributed by atoms with Gasteiger partial charge in [-0.2, -0.15) is 5.10 Å². The first-order valence-electron chi connectivity index (χ1n) is 11.0. The number of nitrogens with zero attached hydrogens (tertiary/aromatic N) is 5. The first-order valence-corrected chi connectivity index (χ1v) is 11.0. The molecule has 0 atom stereocenters. The fraction of sp³-hybridized carbons (Fsp3) is 0.652. The van der Waals surface area contributed by atoms with Gasteiger partial charge in [-0.1, -0.05) is 0 Å². The van der Waals surface area contributed by atoms with E-state index in [1.54, 1.807) is 7.11 Å². The first-order chi connectivity index (χ1) is 14.1. The Bertz CT molecular complexity index is 737. The first kappa shape index (κ1) is 21.9. The summed E-state index contributed by atoms with van der Waals surface area (Å²) >= 11 is 0. The Labute approximate surface area is 175 Å². The van der Waals surface area contributed by atoms with Crippen molar-refractivity contribution in [2.75, 3.05) is 39.9 Å². The Morgan fingerprint density at radius 3 is 2.48 bits per heavy atom. The molecule has 3 rings (SSSR count). The van der Waals surface area contributed by atoms with Gasteiger partial charge in [-0.3, -0.25) is 14.6 Å². The topological polar surface area (TPSA) is 46.4 Å². The van der Waals surface area contributed by atoms with Crippen molar-refractivity contribution in [3.63, 3.8) is 0 Å². The van der Waals surface area contributed by atoms with Crippen LogP contribution in [0.1, 0.15) is 42.3 Å². The van der Waals surface area contributed by atoms with Crippen molar-refractivity contribution in [2.45, 2.75) is 53.2 Å². The van der Waals surface area contributed by atoms with Crippen molar-refractivity contribution in [1.29, 1.82) is 0 Å². The summed E-state index contributed by atoms with van der Waals surface area (Å²) in [4.78, 5) is 9.33. The number of aryl methyl sites for hydroxylation is 2. The zero-order chi connectivity index (χ0) is 20.6. The van der Waals surface area contributed by atoms with Crippen LogP contribution < -0.4 is 0 Å². The van der Waals surface area contributed by atoms with E-state index in [2.05, 4.69) is 52.4 Å². The fourth-order valence-corrected chi connectivity index (χ4v) is 4.40. The van der Waals surface area contributed by atoms with Gasteiger partial charge >= 0.3 is 0 Å². The van der Waals surface area contributed by atoms with Gasteiger partial charge in [0.25, 0.3) is 0 Å². The van der Waals surface area contributed by atoms with Gasteiger partial charge in [0.1, 0.15) is 0 Å². The molecule has 1 fully saturated rings. The second-order valence-electron chi connectivity index (χ2n) is 8.27. The number of hydrogen-bond donors (Lipinski definition) is 0. The Hall–Kier alpha value is -1.76. The van der Waals surface area contributed by atoms with Gasteiger partial charge in [0, 0.05) is 63.5 Å². The summed E-state index contributed by atoms with van der Waals surface area (Å²) in [7, 11) is 1.79. The van der Waals surface area contributed by atoms with E-state index in [4.69, 9.17) is 9.84 Å². The van der Waals surface area contributed by atoms with Gasteiger partial charge in [0.05, 0.1) is 12.3 Å². The number of ether oxygens (including phenoxy) is 1. The monoisotopic (exact) mass is 399 g/mol. The SMILES string of the molecule is CCn1nc(C)c(CN(Cc2ccncc2)CC2CCN(CCOC)CC2)c1C. The molecule has 1 aliphatic rings. The molecule has 2 aromatic rings. The molecule has 0 radical (unpaired) electrons. The third kappa shape index (κ3) is 6.11. The Balaban J connectivity index is 1.67. The zero-order valence-corrected chi connectivity index (χ0v) is 18.6. The van der Waals surface area contributed by atoms with Gasteiger partial charge in [0.2, 0.25) is 0 Å². The second kappa shape index (κ2) is 10.9. The normalized spacial score (nSPS) is 16.0. The maximum atomic E-state index is 5.24. The van der Waals surface area contributed by atoms with Crippen molar-refractivity contribution in [3.8, 4) is 0 Å². The molecule has 0 aromatic carbocycles. The summed E-state index contributed by atoms with van der Waals surface area (Å²) in [6.07, 6.45) is 6.33. The number of pyridine rings is 1. The second-order valence-corrected chi connectivity index (χ2v) is 8.27. The van der Waals surface area contributed by atoms with Crippen LogP contribution in [0, 0.1) is 19.8 Å². The molecular weight excluding hydrogens is 362 g/mol. The van der Waals surface area contributed by atoms with E-state index in [-0.39, 0.29) is 0 Å². The molecule has 160 valence electrons. The van der Waals surface area contributed by atoms with E-state index in [0.717, 1.165) is 45.2 Å². The standard InChI is InChI=1S/C23H37N5O/c1-5-28-20(3)23(19(2)25-28)18-27(16-21-6-10-24-11-7-21)17-22-8-12-26(13-9-22)14-15-29-4/h6-7,10-11,22H,5,8-9,12-18H2,1-4H3. The van der Waals surface area contributed by atoms with Crippen LogP contribution in [0.3, 0.4) is 0 Å². The van der Waals surface area contributed by atoms with E-state index in [1.165, 1.54) is 48.4 Å². The van der Waals surface area contributed by atoms with E-state index in [9.17, 15) is 0 Å². The van der Waals surface area contributed by atoms with Crippen LogP contribution in [0.5, 0.6) is 0 Å². The van der Waals surface area contributed by atoms with Crippen molar-refractivity contribution in [1.82, 2.24) is 24.6 Å². The molecular formula is C23H37N5O. The van der Waals surface area contributed by atoms with Crippen LogP contribution in [-0.2, 0) is 24.4 Å². The van der Waals surface area contributed by atoms with Gasteiger partial charge in [-0.15, -0.1) is 0 Å². The van der Waals surface area contributed by atoms with Crippen LogP contribution in [0.25, 0.3) is 0 Å². The minimum absolute atomic E-state index is 0.748. The highest BCUT2D eigenvalue weighted by atomic mass is 16.5. The largest absolute Gasteiger partial charge is 0.383 e. The number of piperidine rings is 1. The number of aromatic nitrogens is 3. The number of methoxy groups -OCH3 is 1. The lowest BCUT2D eigenvalue weighted by molar-refractivity contribution is 0.103. The predicted octanol–water partition coefficient (Wildman–Crippen LogP) is 3.28. The molecule has 3 heterocycles. The number of likely N-dealkylation sites (tertiary alicyclic amines) is 1. The van der Waals surface area contributed by atoms with Crippen molar-refractivity contribution >= 4 is 0 Å². The van der Waals surface area contributed by atoms with Crippen LogP contribution in [-0.4, -0.2) is 64.5 Å². The summed E-state index contributed by atoms with van der Waals surface area (Å²) in [6.45, 7) is 14.8. The fourth-order valence-electron chi connectivity index (χ4n) is 4.40. The smallest absolute Gasteiger partial charge is 0.0641 e. The highest BCUT2D eigenvalue weighted by Crippen LogP contribution is 2.23. The molecule has 0 spiro atoms. The molecule has 6 heteroatoms. The lowest BCUT2D eigenvalue weighted by Crippen LogP contribution is -2.39. The number of hydrogen-bond acceptors (Lipinski definition) is 5. The Kier molecular flexibility index (Phi) is 8.21. The maximum Gasteiger partial charge on any atom is 0.0641 e. The number of rotatable bonds is 10. The summed E-state index contributed by atoms with van der Waals surface area (Å²) in [6, 6.07) is 4.27. The zero-order valence-electron chi connectivity index (χ0n) is 18.6. The third-order valence-corrected chi connectivity index (χ3v) is 6.20. The molecule has 6 nitrogen and oxygen atoms in total. The van der Waals surface area contributed by atoms with Crippen molar-refractivity contribution in [3.05, 3.63) is 47.0 Å². The molecule has 2 aromatic heterocycles. The van der Waals surface area contributed by atoms with E-state index in [0.29, 0.717) is 0 Å². The van der Waals surface area contributed by atoms with Crippen molar-refractivity contribution in [2.24, 2.45) is 5.92 Å². The lowest BCUT2D eigenvalue weighted by Gasteiger charge is -2.35. The van der Waals surface area contributed by atoms with Crippen LogP contribution in [0.15, 0.2) is 24.5 Å². The van der Waals surface area contributed by atoms with E-state index < -0.39 is 0 Å². The van der Waals surface area contributed by atoms with E-state index in [1.807, 2.05) is 12.4 Å². The quantitative estimate of drug-likeness (QED) is 0.614. The predicted molar refractivity (Wildman–Crippen MR) is 117 cm³/mol. The molecule has 0 N–H and O–H groups in total. The minimum Gasteiger partial charge on any atom is -0.383 e. The molecule has 29 heavy (non-hydrogen) atoms. The van der Waals surface area contributed by atoms with Gasteiger partial charge in [-0.25, -0.2) is 0 Å². The third-order valence-electron chi connectivity index (χ3n) is 6.20. The van der Waals surface area contributed by atoms with Crippen LogP contribution in [0.2, 0.25) is 0 Å². The van der Waals surface area contributed by atoms with Gasteiger partial charge < -0.3 is 9.64 Å². The molecule has 0 amide bonds. The molecule has 0 aliphatic carbocycles. The molecule has 1 saturated heterocycles. The molecule has 0 bridgehead atoms. The minimum atomic E-state index is 0.748. The Morgan fingerprint density at radius 1 is 1.14 bits per heavy atom. The summed E-state index contributed by atoms with van der Waals surface area (Å²) in [5.74, 6) is 0.748. The average molecular weight is 400 g/mol. The molecule has 1 aliphatic heterocycles. The maximum absolute atomic E-state index is 5.24. The van der Waals surface area contributed by atoms with E-state index >= 15 is 0 Å². The summed E-state index contributed by atoms with van der Waals surface area (Å²) in [5.41, 5.74) is 5.19. The highest BCUT2D eigenvalue weighted by Gasteiger charge is 2.23.